The molecule has 0 fully saturated rings. The summed E-state index contributed by atoms with van der Waals surface area (Å²) in [7, 11) is 0. The van der Waals surface area contributed by atoms with Crippen LogP contribution >= 0.6 is 23.5 Å². The Morgan fingerprint density at radius 1 is 1.04 bits per heavy atom. The first kappa shape index (κ1) is 16.2. The number of nitrogens with one attached hydrogen (secondary N) is 1. The number of thioether (sulfide) groups is 2. The highest BCUT2D eigenvalue weighted by molar-refractivity contribution is 8.38. The summed E-state index contributed by atoms with van der Waals surface area (Å²) in [6, 6.07) is 22.1. The molecule has 0 saturated heterocycles. The zero-order chi connectivity index (χ0) is 17.1. The lowest BCUT2D eigenvalue weighted by Crippen LogP contribution is -2.15. The molecular weight excluding hydrogens is 348 g/mol. The lowest BCUT2D eigenvalue weighted by molar-refractivity contribution is -0.113. The van der Waals surface area contributed by atoms with Crippen LogP contribution in [-0.4, -0.2) is 16.0 Å². The van der Waals surface area contributed by atoms with E-state index in [0.717, 1.165) is 32.3 Å². The van der Waals surface area contributed by atoms with Gasteiger partial charge in [-0.15, -0.1) is 0 Å². The lowest BCUT2D eigenvalue weighted by Gasteiger charge is -2.14. The molecule has 25 heavy (non-hydrogen) atoms. The fraction of sp³-hybridized carbons (Fsp3) is 0.100. The normalized spacial score (nSPS) is 13.2. The average molecular weight is 364 g/mol. The number of nitrogens with zero attached hydrogens (tertiary/aromatic N) is 1. The average Bonchev–Trinajstić information content (AvgIpc) is 2.66. The van der Waals surface area contributed by atoms with E-state index in [2.05, 4.69) is 16.4 Å². The molecule has 0 unspecified atom stereocenters. The van der Waals surface area contributed by atoms with Gasteiger partial charge in [-0.05, 0) is 23.1 Å². The van der Waals surface area contributed by atoms with Gasteiger partial charge in [0, 0.05) is 16.8 Å². The van der Waals surface area contributed by atoms with Crippen molar-refractivity contribution < 1.29 is 4.79 Å². The van der Waals surface area contributed by atoms with Gasteiger partial charge in [-0.2, -0.15) is 0 Å². The Kier molecular flexibility index (Phi) is 4.76. The van der Waals surface area contributed by atoms with Crippen molar-refractivity contribution in [1.82, 2.24) is 0 Å². The smallest absolute Gasteiger partial charge is 0.234 e. The highest BCUT2D eigenvalue weighted by Crippen LogP contribution is 2.34. The van der Waals surface area contributed by atoms with Gasteiger partial charge in [-0.1, -0.05) is 78.1 Å². The number of amides is 1. The molecule has 1 aliphatic heterocycles. The maximum Gasteiger partial charge on any atom is 0.234 e. The molecule has 0 spiro atoms. The van der Waals surface area contributed by atoms with Crippen molar-refractivity contribution in [1.29, 1.82) is 0 Å². The van der Waals surface area contributed by atoms with Crippen LogP contribution in [0.25, 0.3) is 10.8 Å². The van der Waals surface area contributed by atoms with Gasteiger partial charge in [0.25, 0.3) is 0 Å². The highest BCUT2D eigenvalue weighted by atomic mass is 32.2. The van der Waals surface area contributed by atoms with Gasteiger partial charge in [0.15, 0.2) is 0 Å². The van der Waals surface area contributed by atoms with Gasteiger partial charge in [0.05, 0.1) is 11.4 Å². The number of benzene rings is 3. The molecular formula is C20H16N2OS2. The van der Waals surface area contributed by atoms with Crippen LogP contribution in [0, 0.1) is 0 Å². The minimum absolute atomic E-state index is 0.0106. The van der Waals surface area contributed by atoms with Gasteiger partial charge in [-0.3, -0.25) is 4.79 Å². The summed E-state index contributed by atoms with van der Waals surface area (Å²) in [6.07, 6.45) is 0. The predicted octanol–water partition coefficient (Wildman–Crippen LogP) is 5.45. The number of carbonyl (C=O) groups excluding carboxylic acids is 1. The topological polar surface area (TPSA) is 41.5 Å². The van der Waals surface area contributed by atoms with Gasteiger partial charge < -0.3 is 5.32 Å². The minimum Gasteiger partial charge on any atom is -0.325 e. The molecule has 4 rings (SSSR count). The number of rotatable bonds is 3. The SMILES string of the molecule is O=C(CSC1=Nc2ccccc2CS1)Nc1cccc2ccccc12. The third-order valence-corrected chi connectivity index (χ3v) is 6.19. The second-order valence-electron chi connectivity index (χ2n) is 5.66. The molecule has 3 aromatic carbocycles. The first-order chi connectivity index (χ1) is 12.3. The Bertz CT molecular complexity index is 963. The summed E-state index contributed by atoms with van der Waals surface area (Å²) in [5.41, 5.74) is 3.11. The zero-order valence-electron chi connectivity index (χ0n) is 13.4. The molecule has 0 radical (unpaired) electrons. The first-order valence-electron chi connectivity index (χ1n) is 7.99. The van der Waals surface area contributed by atoms with Crippen LogP contribution in [0.5, 0.6) is 0 Å². The first-order valence-corrected chi connectivity index (χ1v) is 9.96. The Labute approximate surface area is 154 Å². The summed E-state index contributed by atoms with van der Waals surface area (Å²) in [5.74, 6) is 1.26. The van der Waals surface area contributed by atoms with E-state index in [1.807, 2.05) is 60.7 Å². The lowest BCUT2D eigenvalue weighted by atomic mass is 10.1. The summed E-state index contributed by atoms with van der Waals surface area (Å²) < 4.78 is 0.951. The summed E-state index contributed by atoms with van der Waals surface area (Å²) in [5, 5.41) is 5.20. The fourth-order valence-corrected chi connectivity index (χ4v) is 4.60. The maximum absolute atomic E-state index is 12.3. The number of hydrogen-bond acceptors (Lipinski definition) is 4. The third-order valence-electron chi connectivity index (χ3n) is 3.94. The van der Waals surface area contributed by atoms with Crippen molar-refractivity contribution in [3.63, 3.8) is 0 Å². The van der Waals surface area contributed by atoms with E-state index in [1.54, 1.807) is 11.8 Å². The molecule has 0 saturated carbocycles. The van der Waals surface area contributed by atoms with Crippen LogP contribution in [0.3, 0.4) is 0 Å². The van der Waals surface area contributed by atoms with Crippen molar-refractivity contribution in [3.05, 3.63) is 72.3 Å². The summed E-state index contributed by atoms with van der Waals surface area (Å²) in [4.78, 5) is 17.0. The Balaban J connectivity index is 1.42. The quantitative estimate of drug-likeness (QED) is 0.672. The fourth-order valence-electron chi connectivity index (χ4n) is 2.73. The van der Waals surface area contributed by atoms with Crippen molar-refractivity contribution in [2.24, 2.45) is 4.99 Å². The largest absolute Gasteiger partial charge is 0.325 e. The molecule has 0 aliphatic carbocycles. The van der Waals surface area contributed by atoms with E-state index in [-0.39, 0.29) is 5.91 Å². The number of fused-ring (bicyclic) bond motifs is 2. The predicted molar refractivity (Wildman–Crippen MR) is 110 cm³/mol. The van der Waals surface area contributed by atoms with Gasteiger partial charge >= 0.3 is 0 Å². The van der Waals surface area contributed by atoms with E-state index in [1.165, 1.54) is 17.3 Å². The second kappa shape index (κ2) is 7.33. The molecule has 1 heterocycles. The summed E-state index contributed by atoms with van der Waals surface area (Å²) in [6.45, 7) is 0. The third kappa shape index (κ3) is 3.72. The molecule has 0 bridgehead atoms. The Morgan fingerprint density at radius 2 is 1.84 bits per heavy atom. The molecule has 1 N–H and O–H groups in total. The maximum atomic E-state index is 12.3. The van der Waals surface area contributed by atoms with Crippen molar-refractivity contribution >= 4 is 56.0 Å². The number of aliphatic imine (C=N–C) groups is 1. The van der Waals surface area contributed by atoms with E-state index < -0.39 is 0 Å². The van der Waals surface area contributed by atoms with Crippen molar-refractivity contribution in [2.75, 3.05) is 11.1 Å². The molecule has 3 nitrogen and oxygen atoms in total. The highest BCUT2D eigenvalue weighted by Gasteiger charge is 2.14. The molecule has 1 aliphatic rings. The summed E-state index contributed by atoms with van der Waals surface area (Å²) >= 11 is 3.18. The molecule has 3 aromatic rings. The molecule has 0 aromatic heterocycles. The second-order valence-corrected chi connectivity index (χ2v) is 7.85. The van der Waals surface area contributed by atoms with E-state index in [0.29, 0.717) is 5.75 Å². The van der Waals surface area contributed by atoms with Crippen LogP contribution in [0.15, 0.2) is 71.7 Å². The van der Waals surface area contributed by atoms with Crippen LogP contribution in [0.1, 0.15) is 5.56 Å². The monoisotopic (exact) mass is 364 g/mol. The van der Waals surface area contributed by atoms with Crippen LogP contribution in [0.4, 0.5) is 11.4 Å². The number of carbonyl (C=O) groups is 1. The minimum atomic E-state index is -0.0106. The van der Waals surface area contributed by atoms with Gasteiger partial charge in [-0.25, -0.2) is 4.99 Å². The number of hydrogen-bond donors (Lipinski definition) is 1. The Hall–Kier alpha value is -2.24. The van der Waals surface area contributed by atoms with Crippen LogP contribution in [0.2, 0.25) is 0 Å². The molecule has 1 amide bonds. The Morgan fingerprint density at radius 3 is 2.80 bits per heavy atom. The zero-order valence-corrected chi connectivity index (χ0v) is 15.1. The van der Waals surface area contributed by atoms with E-state index in [4.69, 9.17) is 0 Å². The van der Waals surface area contributed by atoms with Crippen molar-refractivity contribution in [3.8, 4) is 0 Å². The van der Waals surface area contributed by atoms with Gasteiger partial charge in [0.1, 0.15) is 4.38 Å². The number of para-hydroxylation sites is 1. The van der Waals surface area contributed by atoms with Crippen molar-refractivity contribution in [2.45, 2.75) is 5.75 Å². The van der Waals surface area contributed by atoms with Crippen LogP contribution in [-0.2, 0) is 10.5 Å². The van der Waals surface area contributed by atoms with E-state index in [9.17, 15) is 4.79 Å². The van der Waals surface area contributed by atoms with Crippen LogP contribution < -0.4 is 5.32 Å². The molecule has 0 atom stereocenters. The number of anilines is 1. The van der Waals surface area contributed by atoms with Gasteiger partial charge in [0.2, 0.25) is 5.91 Å². The molecule has 124 valence electrons. The van der Waals surface area contributed by atoms with E-state index >= 15 is 0 Å². The standard InChI is InChI=1S/C20H16N2OS2/c23-19(21-18-11-5-8-14-6-1-3-9-16(14)18)13-25-20-22-17-10-4-2-7-15(17)12-24-20/h1-11H,12-13H2,(H,21,23). The molecule has 5 heteroatoms.